The van der Waals surface area contributed by atoms with Crippen molar-refractivity contribution in [2.24, 2.45) is 0 Å². The van der Waals surface area contributed by atoms with Crippen molar-refractivity contribution in [1.82, 2.24) is 9.55 Å². The van der Waals surface area contributed by atoms with E-state index >= 15 is 0 Å². The molecule has 1 aromatic heterocycles. The first-order chi connectivity index (χ1) is 7.29. The average molecular weight is 201 g/mol. The van der Waals surface area contributed by atoms with Crippen molar-refractivity contribution in [2.75, 3.05) is 5.73 Å². The van der Waals surface area contributed by atoms with E-state index in [0.717, 1.165) is 24.5 Å². The summed E-state index contributed by atoms with van der Waals surface area (Å²) in [7, 11) is 0. The largest absolute Gasteiger partial charge is 0.399 e. The van der Waals surface area contributed by atoms with Gasteiger partial charge in [-0.05, 0) is 17.7 Å². The van der Waals surface area contributed by atoms with Crippen LogP contribution in [0.25, 0.3) is 0 Å². The lowest BCUT2D eigenvalue weighted by atomic mass is 10.2. The Hall–Kier alpha value is -1.77. The number of aryl methyl sites for hydroxylation is 1. The number of hydrogen-bond acceptors (Lipinski definition) is 2. The Labute approximate surface area is 89.6 Å². The van der Waals surface area contributed by atoms with E-state index in [4.69, 9.17) is 5.73 Å². The summed E-state index contributed by atoms with van der Waals surface area (Å²) in [5.41, 5.74) is 7.75. The van der Waals surface area contributed by atoms with Gasteiger partial charge in [0.1, 0.15) is 5.82 Å². The molecule has 0 atom stereocenters. The van der Waals surface area contributed by atoms with E-state index in [1.807, 2.05) is 30.6 Å². The lowest BCUT2D eigenvalue weighted by Crippen LogP contribution is -2.03. The van der Waals surface area contributed by atoms with Crippen molar-refractivity contribution >= 4 is 5.69 Å². The number of nitrogens with zero attached hydrogens (tertiary/aromatic N) is 2. The van der Waals surface area contributed by atoms with Crippen molar-refractivity contribution in [3.63, 3.8) is 0 Å². The van der Waals surface area contributed by atoms with Gasteiger partial charge in [-0.25, -0.2) is 4.98 Å². The van der Waals surface area contributed by atoms with Gasteiger partial charge in [-0.2, -0.15) is 0 Å². The second kappa shape index (κ2) is 4.17. The molecule has 0 unspecified atom stereocenters. The Bertz CT molecular complexity index is 446. The van der Waals surface area contributed by atoms with Crippen LogP contribution in [0.1, 0.15) is 18.3 Å². The van der Waals surface area contributed by atoms with Gasteiger partial charge < -0.3 is 10.3 Å². The maximum atomic E-state index is 5.73. The van der Waals surface area contributed by atoms with Gasteiger partial charge in [0, 0.05) is 31.0 Å². The van der Waals surface area contributed by atoms with E-state index in [-0.39, 0.29) is 0 Å². The molecule has 3 heteroatoms. The summed E-state index contributed by atoms with van der Waals surface area (Å²) in [4.78, 5) is 4.28. The lowest BCUT2D eigenvalue weighted by molar-refractivity contribution is 0.732. The van der Waals surface area contributed by atoms with Gasteiger partial charge >= 0.3 is 0 Å². The second-order valence-electron chi connectivity index (χ2n) is 3.57. The highest BCUT2D eigenvalue weighted by molar-refractivity contribution is 5.40. The van der Waals surface area contributed by atoms with Crippen LogP contribution in [0.15, 0.2) is 36.7 Å². The number of nitrogens with two attached hydrogens (primary N) is 1. The first kappa shape index (κ1) is 9.77. The zero-order valence-electron chi connectivity index (χ0n) is 8.85. The van der Waals surface area contributed by atoms with Crippen molar-refractivity contribution in [1.29, 1.82) is 0 Å². The van der Waals surface area contributed by atoms with Gasteiger partial charge in [0.05, 0.1) is 0 Å². The molecule has 0 fully saturated rings. The quantitative estimate of drug-likeness (QED) is 0.773. The van der Waals surface area contributed by atoms with Crippen LogP contribution in [0, 0.1) is 0 Å². The summed E-state index contributed by atoms with van der Waals surface area (Å²) in [5.74, 6) is 1.11. The van der Waals surface area contributed by atoms with Crippen LogP contribution < -0.4 is 5.73 Å². The Morgan fingerprint density at radius 3 is 3.00 bits per heavy atom. The normalized spacial score (nSPS) is 10.5. The molecular weight excluding hydrogens is 186 g/mol. The third-order valence-electron chi connectivity index (χ3n) is 2.42. The van der Waals surface area contributed by atoms with Crippen LogP contribution in [-0.4, -0.2) is 9.55 Å². The predicted molar refractivity (Wildman–Crippen MR) is 61.6 cm³/mol. The van der Waals surface area contributed by atoms with E-state index in [1.165, 1.54) is 5.56 Å². The van der Waals surface area contributed by atoms with Crippen LogP contribution >= 0.6 is 0 Å². The molecule has 0 aliphatic heterocycles. The maximum absolute atomic E-state index is 5.73. The number of imidazole rings is 1. The van der Waals surface area contributed by atoms with Crippen molar-refractivity contribution in [2.45, 2.75) is 19.9 Å². The van der Waals surface area contributed by atoms with Crippen LogP contribution in [0.2, 0.25) is 0 Å². The maximum Gasteiger partial charge on any atom is 0.108 e. The van der Waals surface area contributed by atoms with Gasteiger partial charge in [0.2, 0.25) is 0 Å². The van der Waals surface area contributed by atoms with Crippen LogP contribution in [-0.2, 0) is 13.0 Å². The third kappa shape index (κ3) is 2.18. The Kier molecular flexibility index (Phi) is 2.72. The highest BCUT2D eigenvalue weighted by Crippen LogP contribution is 2.09. The molecular formula is C12H15N3. The number of anilines is 1. The van der Waals surface area contributed by atoms with E-state index in [1.54, 1.807) is 0 Å². The molecule has 0 bridgehead atoms. The monoisotopic (exact) mass is 201 g/mol. The molecule has 0 aliphatic rings. The number of aromatic nitrogens is 2. The molecule has 0 saturated heterocycles. The molecule has 0 aliphatic carbocycles. The molecule has 1 aromatic carbocycles. The number of benzene rings is 1. The van der Waals surface area contributed by atoms with E-state index in [9.17, 15) is 0 Å². The Morgan fingerprint density at radius 2 is 2.27 bits per heavy atom. The minimum absolute atomic E-state index is 0.811. The molecule has 15 heavy (non-hydrogen) atoms. The molecule has 0 saturated carbocycles. The molecule has 3 nitrogen and oxygen atoms in total. The van der Waals surface area contributed by atoms with Gasteiger partial charge in [-0.1, -0.05) is 19.1 Å². The summed E-state index contributed by atoms with van der Waals surface area (Å²) in [6.07, 6.45) is 4.79. The molecule has 0 spiro atoms. The van der Waals surface area contributed by atoms with Crippen LogP contribution in [0.3, 0.4) is 0 Å². The van der Waals surface area contributed by atoms with E-state index < -0.39 is 0 Å². The number of hydrogen-bond donors (Lipinski definition) is 1. The summed E-state index contributed by atoms with van der Waals surface area (Å²) in [5, 5.41) is 0. The molecule has 2 rings (SSSR count). The van der Waals surface area contributed by atoms with E-state index in [2.05, 4.69) is 22.5 Å². The number of nitrogen functional groups attached to an aromatic ring is 1. The summed E-state index contributed by atoms with van der Waals surface area (Å²) >= 11 is 0. The fraction of sp³-hybridized carbons (Fsp3) is 0.250. The standard InChI is InChI=1S/C12H15N3/c1-2-12-14-6-7-15(12)9-10-4-3-5-11(13)8-10/h3-8H,2,9,13H2,1H3. The first-order valence-electron chi connectivity index (χ1n) is 5.14. The van der Waals surface area contributed by atoms with Gasteiger partial charge in [0.15, 0.2) is 0 Å². The van der Waals surface area contributed by atoms with Crippen molar-refractivity contribution in [3.05, 3.63) is 48.0 Å². The molecule has 0 radical (unpaired) electrons. The van der Waals surface area contributed by atoms with Crippen LogP contribution in [0.5, 0.6) is 0 Å². The number of rotatable bonds is 3. The summed E-state index contributed by atoms with van der Waals surface area (Å²) in [6.45, 7) is 2.95. The molecule has 78 valence electrons. The average Bonchev–Trinajstić information content (AvgIpc) is 2.65. The molecule has 1 heterocycles. The molecule has 0 amide bonds. The second-order valence-corrected chi connectivity index (χ2v) is 3.57. The molecule has 2 N–H and O–H groups in total. The molecule has 2 aromatic rings. The van der Waals surface area contributed by atoms with Crippen LogP contribution in [0.4, 0.5) is 5.69 Å². The fourth-order valence-corrected chi connectivity index (χ4v) is 1.69. The topological polar surface area (TPSA) is 43.8 Å². The highest BCUT2D eigenvalue weighted by Gasteiger charge is 2.00. The van der Waals surface area contributed by atoms with Gasteiger partial charge in [0.25, 0.3) is 0 Å². The minimum Gasteiger partial charge on any atom is -0.399 e. The lowest BCUT2D eigenvalue weighted by Gasteiger charge is -2.06. The summed E-state index contributed by atoms with van der Waals surface area (Å²) in [6, 6.07) is 7.96. The highest BCUT2D eigenvalue weighted by atomic mass is 15.1. The zero-order chi connectivity index (χ0) is 10.7. The van der Waals surface area contributed by atoms with E-state index in [0.29, 0.717) is 0 Å². The third-order valence-corrected chi connectivity index (χ3v) is 2.42. The first-order valence-corrected chi connectivity index (χ1v) is 5.14. The Morgan fingerprint density at radius 1 is 1.40 bits per heavy atom. The Balaban J connectivity index is 2.22. The predicted octanol–water partition coefficient (Wildman–Crippen LogP) is 2.08. The summed E-state index contributed by atoms with van der Waals surface area (Å²) < 4.78 is 2.15. The van der Waals surface area contributed by atoms with Crippen molar-refractivity contribution in [3.8, 4) is 0 Å². The zero-order valence-corrected chi connectivity index (χ0v) is 8.85. The smallest absolute Gasteiger partial charge is 0.108 e. The van der Waals surface area contributed by atoms with Crippen molar-refractivity contribution < 1.29 is 0 Å². The van der Waals surface area contributed by atoms with Gasteiger partial charge in [-0.3, -0.25) is 0 Å². The van der Waals surface area contributed by atoms with Gasteiger partial charge in [-0.15, -0.1) is 0 Å². The SMILES string of the molecule is CCc1nccn1Cc1cccc(N)c1. The fourth-order valence-electron chi connectivity index (χ4n) is 1.69. The minimum atomic E-state index is 0.811.